The highest BCUT2D eigenvalue weighted by atomic mass is 16.3. The molecule has 0 aliphatic heterocycles. The summed E-state index contributed by atoms with van der Waals surface area (Å²) in [5.41, 5.74) is 2.76. The quantitative estimate of drug-likeness (QED) is 0.864. The molecule has 0 unspecified atom stereocenters. The van der Waals surface area contributed by atoms with E-state index in [-0.39, 0.29) is 12.1 Å². The topological polar surface area (TPSA) is 47.3 Å². The van der Waals surface area contributed by atoms with Gasteiger partial charge in [-0.2, -0.15) is 5.26 Å². The van der Waals surface area contributed by atoms with Crippen LogP contribution in [-0.2, 0) is 6.54 Å². The van der Waals surface area contributed by atoms with E-state index in [1.807, 2.05) is 46.0 Å². The van der Waals surface area contributed by atoms with Crippen molar-refractivity contribution in [1.82, 2.24) is 4.90 Å². The summed E-state index contributed by atoms with van der Waals surface area (Å²) >= 11 is 0. The first-order valence-electron chi connectivity index (χ1n) is 5.72. The van der Waals surface area contributed by atoms with Crippen LogP contribution in [0.2, 0.25) is 0 Å². The number of likely N-dealkylation sites (N-methyl/N-ethyl adjacent to an activating group) is 1. The molecule has 0 bridgehead atoms. The molecule has 0 saturated carbocycles. The highest BCUT2D eigenvalue weighted by molar-refractivity contribution is 5.37. The zero-order valence-electron chi connectivity index (χ0n) is 11.0. The van der Waals surface area contributed by atoms with Gasteiger partial charge in [0.2, 0.25) is 0 Å². The average Bonchev–Trinajstić information content (AvgIpc) is 2.31. The zero-order chi connectivity index (χ0) is 13.1. The minimum atomic E-state index is -0.236. The lowest BCUT2D eigenvalue weighted by molar-refractivity contribution is 0.0732. The maximum Gasteiger partial charge on any atom is 0.0991 e. The van der Waals surface area contributed by atoms with E-state index in [9.17, 15) is 5.11 Å². The van der Waals surface area contributed by atoms with Crippen molar-refractivity contribution in [2.24, 2.45) is 0 Å². The first kappa shape index (κ1) is 13.7. The minimum Gasteiger partial charge on any atom is -0.394 e. The average molecular weight is 232 g/mol. The highest BCUT2D eigenvalue weighted by Crippen LogP contribution is 2.18. The molecule has 17 heavy (non-hydrogen) atoms. The van der Waals surface area contributed by atoms with Crippen LogP contribution in [-0.4, -0.2) is 29.2 Å². The first-order valence-corrected chi connectivity index (χ1v) is 5.72. The van der Waals surface area contributed by atoms with E-state index in [1.54, 1.807) is 0 Å². The van der Waals surface area contributed by atoms with E-state index < -0.39 is 0 Å². The lowest BCUT2D eigenvalue weighted by atomic mass is 10.0. The molecule has 0 atom stereocenters. The Kier molecular flexibility index (Phi) is 4.28. The van der Waals surface area contributed by atoms with Crippen LogP contribution in [0.3, 0.4) is 0 Å². The Morgan fingerprint density at radius 1 is 1.41 bits per heavy atom. The number of benzene rings is 1. The Labute approximate surface area is 103 Å². The standard InChI is InChI=1S/C14H20N2O/c1-11-7-12(8-15)5-6-13(11)9-16(4)14(2,3)10-17/h5-7,17H,9-10H2,1-4H3. The molecule has 92 valence electrons. The number of rotatable bonds is 4. The van der Waals surface area contributed by atoms with Gasteiger partial charge in [-0.25, -0.2) is 0 Å². The van der Waals surface area contributed by atoms with Gasteiger partial charge < -0.3 is 5.11 Å². The van der Waals surface area contributed by atoms with E-state index in [2.05, 4.69) is 11.0 Å². The molecule has 0 aliphatic rings. The van der Waals surface area contributed by atoms with Crippen LogP contribution >= 0.6 is 0 Å². The third-order valence-electron chi connectivity index (χ3n) is 3.30. The molecule has 3 nitrogen and oxygen atoms in total. The van der Waals surface area contributed by atoms with Crippen molar-refractivity contribution >= 4 is 0 Å². The van der Waals surface area contributed by atoms with E-state index in [0.717, 1.165) is 12.1 Å². The third-order valence-corrected chi connectivity index (χ3v) is 3.30. The Balaban J connectivity index is 2.86. The van der Waals surface area contributed by atoms with Crippen LogP contribution in [0.25, 0.3) is 0 Å². The zero-order valence-corrected chi connectivity index (χ0v) is 11.0. The van der Waals surface area contributed by atoms with Gasteiger partial charge >= 0.3 is 0 Å². The number of aliphatic hydroxyl groups is 1. The van der Waals surface area contributed by atoms with Crippen LogP contribution in [0, 0.1) is 18.3 Å². The van der Waals surface area contributed by atoms with Gasteiger partial charge in [-0.1, -0.05) is 6.07 Å². The second kappa shape index (κ2) is 5.31. The van der Waals surface area contributed by atoms with Crippen molar-refractivity contribution in [3.63, 3.8) is 0 Å². The lowest BCUT2D eigenvalue weighted by Crippen LogP contribution is -2.43. The molecule has 0 saturated heterocycles. The molecule has 3 heteroatoms. The Hall–Kier alpha value is -1.37. The van der Waals surface area contributed by atoms with Crippen molar-refractivity contribution < 1.29 is 5.11 Å². The Morgan fingerprint density at radius 2 is 2.06 bits per heavy atom. The fraction of sp³-hybridized carbons (Fsp3) is 0.500. The van der Waals surface area contributed by atoms with Crippen LogP contribution in [0.5, 0.6) is 0 Å². The van der Waals surface area contributed by atoms with Crippen LogP contribution < -0.4 is 0 Å². The molecule has 0 heterocycles. The maximum absolute atomic E-state index is 9.31. The van der Waals surface area contributed by atoms with Gasteiger partial charge in [0.25, 0.3) is 0 Å². The largest absolute Gasteiger partial charge is 0.394 e. The normalized spacial score (nSPS) is 11.6. The smallest absolute Gasteiger partial charge is 0.0991 e. The van der Waals surface area contributed by atoms with E-state index in [4.69, 9.17) is 5.26 Å². The van der Waals surface area contributed by atoms with Gasteiger partial charge in [0.1, 0.15) is 0 Å². The molecule has 1 aromatic carbocycles. The summed E-state index contributed by atoms with van der Waals surface area (Å²) in [6.45, 7) is 6.91. The Bertz CT molecular complexity index is 432. The van der Waals surface area contributed by atoms with Gasteiger partial charge in [-0.05, 0) is 51.1 Å². The fourth-order valence-corrected chi connectivity index (χ4v) is 1.53. The molecule has 0 aliphatic carbocycles. The first-order chi connectivity index (χ1) is 7.90. The summed E-state index contributed by atoms with van der Waals surface area (Å²) in [5, 5.41) is 18.1. The SMILES string of the molecule is Cc1cc(C#N)ccc1CN(C)C(C)(C)CO. The van der Waals surface area contributed by atoms with Crippen molar-refractivity contribution in [1.29, 1.82) is 5.26 Å². The number of hydrogen-bond acceptors (Lipinski definition) is 3. The monoisotopic (exact) mass is 232 g/mol. The molecule has 0 amide bonds. The number of nitrogens with zero attached hydrogens (tertiary/aromatic N) is 2. The summed E-state index contributed by atoms with van der Waals surface area (Å²) < 4.78 is 0. The molecule has 1 aromatic rings. The molecule has 0 radical (unpaired) electrons. The van der Waals surface area contributed by atoms with Crippen LogP contribution in [0.15, 0.2) is 18.2 Å². The summed E-state index contributed by atoms with van der Waals surface area (Å²) in [6, 6.07) is 7.85. The molecule has 0 fully saturated rings. The summed E-state index contributed by atoms with van der Waals surface area (Å²) in [6.07, 6.45) is 0. The lowest BCUT2D eigenvalue weighted by Gasteiger charge is -2.34. The molecular formula is C14H20N2O. The number of hydrogen-bond donors (Lipinski definition) is 1. The predicted octanol–water partition coefficient (Wildman–Crippen LogP) is 2.07. The Morgan fingerprint density at radius 3 is 2.53 bits per heavy atom. The van der Waals surface area contributed by atoms with Crippen molar-refractivity contribution in [3.05, 3.63) is 34.9 Å². The van der Waals surface area contributed by atoms with Crippen molar-refractivity contribution in [2.75, 3.05) is 13.7 Å². The second-order valence-electron chi connectivity index (χ2n) is 5.08. The maximum atomic E-state index is 9.31. The number of aryl methyl sites for hydroxylation is 1. The number of nitriles is 1. The van der Waals surface area contributed by atoms with Crippen molar-refractivity contribution in [3.8, 4) is 6.07 Å². The fourth-order valence-electron chi connectivity index (χ4n) is 1.53. The van der Waals surface area contributed by atoms with Gasteiger partial charge in [0, 0.05) is 12.1 Å². The summed E-state index contributed by atoms with van der Waals surface area (Å²) in [4.78, 5) is 2.11. The van der Waals surface area contributed by atoms with Gasteiger partial charge in [0.05, 0.1) is 18.2 Å². The summed E-state index contributed by atoms with van der Waals surface area (Å²) in [7, 11) is 1.99. The molecule has 1 rings (SSSR count). The van der Waals surface area contributed by atoms with Gasteiger partial charge in [-0.15, -0.1) is 0 Å². The van der Waals surface area contributed by atoms with E-state index in [1.165, 1.54) is 5.56 Å². The molecule has 0 aromatic heterocycles. The van der Waals surface area contributed by atoms with Gasteiger partial charge in [0.15, 0.2) is 0 Å². The molecular weight excluding hydrogens is 212 g/mol. The highest BCUT2D eigenvalue weighted by Gasteiger charge is 2.22. The van der Waals surface area contributed by atoms with E-state index >= 15 is 0 Å². The summed E-state index contributed by atoms with van der Waals surface area (Å²) in [5.74, 6) is 0. The van der Waals surface area contributed by atoms with Crippen molar-refractivity contribution in [2.45, 2.75) is 32.9 Å². The molecule has 1 N–H and O–H groups in total. The van der Waals surface area contributed by atoms with Crippen LogP contribution in [0.1, 0.15) is 30.5 Å². The predicted molar refractivity (Wildman–Crippen MR) is 68.5 cm³/mol. The second-order valence-corrected chi connectivity index (χ2v) is 5.08. The molecule has 0 spiro atoms. The van der Waals surface area contributed by atoms with E-state index in [0.29, 0.717) is 5.56 Å². The minimum absolute atomic E-state index is 0.124. The van der Waals surface area contributed by atoms with Crippen LogP contribution in [0.4, 0.5) is 0 Å². The number of aliphatic hydroxyl groups excluding tert-OH is 1. The third kappa shape index (κ3) is 3.29. The van der Waals surface area contributed by atoms with Gasteiger partial charge in [-0.3, -0.25) is 4.90 Å².